The number of ether oxygens (including phenoxy) is 1. The molecule has 0 radical (unpaired) electrons. The summed E-state index contributed by atoms with van der Waals surface area (Å²) in [5, 5.41) is 9.21. The van der Waals surface area contributed by atoms with Crippen LogP contribution in [0.3, 0.4) is 0 Å². The summed E-state index contributed by atoms with van der Waals surface area (Å²) >= 11 is 1.84. The fraction of sp³-hybridized carbons (Fsp3) is 0.632. The van der Waals surface area contributed by atoms with Gasteiger partial charge in [0.2, 0.25) is 0 Å². The molecule has 2 rings (SSSR count). The Bertz CT molecular complexity index is 504. The van der Waals surface area contributed by atoms with Crippen LogP contribution in [0.25, 0.3) is 0 Å². The maximum atomic E-state index is 10.8. The van der Waals surface area contributed by atoms with Crippen molar-refractivity contribution >= 4 is 17.7 Å². The van der Waals surface area contributed by atoms with E-state index in [1.165, 1.54) is 23.3 Å². The SMILES string of the molecule is CC(C)(C)c1ccc(SC2CCCCCC2OCC(=O)O)cc1. The number of carboxylic acids is 1. The summed E-state index contributed by atoms with van der Waals surface area (Å²) < 4.78 is 5.67. The molecule has 2 unspecified atom stereocenters. The summed E-state index contributed by atoms with van der Waals surface area (Å²) in [5.41, 5.74) is 1.50. The highest BCUT2D eigenvalue weighted by molar-refractivity contribution is 8.00. The quantitative estimate of drug-likeness (QED) is 0.779. The summed E-state index contributed by atoms with van der Waals surface area (Å²) in [6, 6.07) is 8.77. The average molecular weight is 336 g/mol. The molecule has 1 N–H and O–H groups in total. The van der Waals surface area contributed by atoms with Gasteiger partial charge in [-0.15, -0.1) is 11.8 Å². The second-order valence-electron chi connectivity index (χ2n) is 7.31. The van der Waals surface area contributed by atoms with E-state index in [2.05, 4.69) is 45.0 Å². The van der Waals surface area contributed by atoms with Crippen molar-refractivity contribution in [3.63, 3.8) is 0 Å². The maximum absolute atomic E-state index is 10.8. The van der Waals surface area contributed by atoms with E-state index in [4.69, 9.17) is 9.84 Å². The molecule has 1 aliphatic rings. The standard InChI is InChI=1S/C19H28O3S/c1-19(2,3)14-9-11-15(12-10-14)23-17-8-6-4-5-7-16(17)22-13-18(20)21/h9-12,16-17H,4-8,13H2,1-3H3,(H,20,21). The maximum Gasteiger partial charge on any atom is 0.329 e. The van der Waals surface area contributed by atoms with Crippen LogP contribution in [-0.2, 0) is 14.9 Å². The normalized spacial score (nSPS) is 22.6. The summed E-state index contributed by atoms with van der Waals surface area (Å²) in [4.78, 5) is 12.0. The summed E-state index contributed by atoms with van der Waals surface area (Å²) in [6.07, 6.45) is 5.64. The van der Waals surface area contributed by atoms with Crippen LogP contribution in [0, 0.1) is 0 Å². The van der Waals surface area contributed by atoms with Crippen molar-refractivity contribution in [3.05, 3.63) is 29.8 Å². The van der Waals surface area contributed by atoms with Crippen LogP contribution in [0.2, 0.25) is 0 Å². The van der Waals surface area contributed by atoms with Crippen LogP contribution < -0.4 is 0 Å². The van der Waals surface area contributed by atoms with E-state index >= 15 is 0 Å². The number of rotatable bonds is 5. The van der Waals surface area contributed by atoms with Crippen molar-refractivity contribution in [3.8, 4) is 0 Å². The van der Waals surface area contributed by atoms with Gasteiger partial charge in [0.1, 0.15) is 6.61 Å². The van der Waals surface area contributed by atoms with Gasteiger partial charge in [-0.3, -0.25) is 0 Å². The molecule has 128 valence electrons. The molecule has 0 heterocycles. The molecule has 3 nitrogen and oxygen atoms in total. The summed E-state index contributed by atoms with van der Waals surface area (Å²) in [7, 11) is 0. The van der Waals surface area contributed by atoms with Gasteiger partial charge in [0.25, 0.3) is 0 Å². The molecular formula is C19H28O3S. The molecule has 0 amide bonds. The van der Waals surface area contributed by atoms with Crippen LogP contribution in [0.4, 0.5) is 0 Å². The van der Waals surface area contributed by atoms with Gasteiger partial charge in [0.05, 0.1) is 6.10 Å². The van der Waals surface area contributed by atoms with Gasteiger partial charge in [-0.1, -0.05) is 52.2 Å². The number of thioether (sulfide) groups is 1. The Labute approximate surface area is 143 Å². The van der Waals surface area contributed by atoms with Crippen LogP contribution >= 0.6 is 11.8 Å². The predicted octanol–water partition coefficient (Wildman–Crippen LogP) is 4.88. The van der Waals surface area contributed by atoms with Gasteiger partial charge in [-0.2, -0.15) is 0 Å². The highest BCUT2D eigenvalue weighted by atomic mass is 32.2. The van der Waals surface area contributed by atoms with Gasteiger partial charge < -0.3 is 9.84 Å². The third-order valence-corrected chi connectivity index (χ3v) is 5.71. The number of hydrogen-bond acceptors (Lipinski definition) is 3. The minimum atomic E-state index is -0.882. The molecular weight excluding hydrogens is 308 g/mol. The lowest BCUT2D eigenvalue weighted by atomic mass is 9.87. The first kappa shape index (κ1) is 18.3. The monoisotopic (exact) mass is 336 g/mol. The smallest absolute Gasteiger partial charge is 0.329 e. The molecule has 1 aliphatic carbocycles. The van der Waals surface area contributed by atoms with Crippen LogP contribution in [0.1, 0.15) is 58.4 Å². The van der Waals surface area contributed by atoms with Gasteiger partial charge in [0, 0.05) is 10.1 Å². The van der Waals surface area contributed by atoms with Gasteiger partial charge >= 0.3 is 5.97 Å². The van der Waals surface area contributed by atoms with E-state index in [-0.39, 0.29) is 18.1 Å². The molecule has 0 bridgehead atoms. The molecule has 1 saturated carbocycles. The highest BCUT2D eigenvalue weighted by Gasteiger charge is 2.26. The second-order valence-corrected chi connectivity index (χ2v) is 8.62. The fourth-order valence-electron chi connectivity index (χ4n) is 2.95. The van der Waals surface area contributed by atoms with Crippen LogP contribution in [0.15, 0.2) is 29.2 Å². The number of carbonyl (C=O) groups is 1. The molecule has 23 heavy (non-hydrogen) atoms. The molecule has 0 saturated heterocycles. The van der Waals surface area contributed by atoms with Gasteiger partial charge in [-0.05, 0) is 36.0 Å². The first-order valence-corrected chi connectivity index (χ1v) is 9.35. The van der Waals surface area contributed by atoms with Crippen molar-refractivity contribution in [2.75, 3.05) is 6.61 Å². The lowest BCUT2D eigenvalue weighted by Gasteiger charge is -2.25. The Morgan fingerprint density at radius 2 is 1.83 bits per heavy atom. The molecule has 4 heteroatoms. The van der Waals surface area contributed by atoms with Crippen LogP contribution in [0.5, 0.6) is 0 Å². The van der Waals surface area contributed by atoms with Gasteiger partial charge in [0.15, 0.2) is 0 Å². The largest absolute Gasteiger partial charge is 0.480 e. The Kier molecular flexibility index (Phi) is 6.54. The van der Waals surface area contributed by atoms with Crippen molar-refractivity contribution in [1.82, 2.24) is 0 Å². The minimum Gasteiger partial charge on any atom is -0.480 e. The Morgan fingerprint density at radius 3 is 2.43 bits per heavy atom. The number of carboxylic acid groups (broad SMARTS) is 1. The number of benzene rings is 1. The van der Waals surface area contributed by atoms with Gasteiger partial charge in [-0.25, -0.2) is 4.79 Å². The number of aliphatic carboxylic acids is 1. The summed E-state index contributed by atoms with van der Waals surface area (Å²) in [5.74, 6) is -0.882. The minimum absolute atomic E-state index is 0.0425. The van der Waals surface area contributed by atoms with E-state index in [9.17, 15) is 4.79 Å². The Morgan fingerprint density at radius 1 is 1.17 bits per heavy atom. The Balaban J connectivity index is 2.03. The zero-order chi connectivity index (χ0) is 16.9. The molecule has 2 atom stereocenters. The topological polar surface area (TPSA) is 46.5 Å². The second kappa shape index (κ2) is 8.20. The third-order valence-electron chi connectivity index (χ3n) is 4.32. The van der Waals surface area contributed by atoms with E-state index in [0.29, 0.717) is 5.25 Å². The molecule has 0 aromatic heterocycles. The van der Waals surface area contributed by atoms with Crippen molar-refractivity contribution in [1.29, 1.82) is 0 Å². The first-order valence-electron chi connectivity index (χ1n) is 8.47. The van der Waals surface area contributed by atoms with E-state index in [1.54, 1.807) is 0 Å². The number of hydrogen-bond donors (Lipinski definition) is 1. The zero-order valence-electron chi connectivity index (χ0n) is 14.4. The lowest BCUT2D eigenvalue weighted by molar-refractivity contribution is -0.144. The summed E-state index contributed by atoms with van der Waals surface area (Å²) in [6.45, 7) is 6.47. The molecule has 0 spiro atoms. The lowest BCUT2D eigenvalue weighted by Crippen LogP contribution is -2.27. The molecule has 0 aliphatic heterocycles. The molecule has 1 aromatic carbocycles. The Hall–Kier alpha value is -1.00. The van der Waals surface area contributed by atoms with Crippen molar-refractivity contribution < 1.29 is 14.6 Å². The van der Waals surface area contributed by atoms with E-state index in [1.807, 2.05) is 11.8 Å². The van der Waals surface area contributed by atoms with Crippen LogP contribution in [-0.4, -0.2) is 29.0 Å². The fourth-order valence-corrected chi connectivity index (χ4v) is 4.25. The predicted molar refractivity (Wildman–Crippen MR) is 95.2 cm³/mol. The van der Waals surface area contributed by atoms with E-state index < -0.39 is 5.97 Å². The molecule has 1 fully saturated rings. The highest BCUT2D eigenvalue weighted by Crippen LogP contribution is 2.35. The van der Waals surface area contributed by atoms with Crippen molar-refractivity contribution in [2.45, 2.75) is 74.5 Å². The zero-order valence-corrected chi connectivity index (χ0v) is 15.2. The molecule has 1 aromatic rings. The first-order chi connectivity index (χ1) is 10.9. The third kappa shape index (κ3) is 5.85. The van der Waals surface area contributed by atoms with Crippen molar-refractivity contribution in [2.24, 2.45) is 0 Å². The van der Waals surface area contributed by atoms with E-state index in [0.717, 1.165) is 19.3 Å². The average Bonchev–Trinajstić information content (AvgIpc) is 2.70.